The molecule has 12 heteroatoms. The minimum atomic E-state index is -0.167. The van der Waals surface area contributed by atoms with E-state index in [0.717, 1.165) is 39.1 Å². The van der Waals surface area contributed by atoms with E-state index in [1.807, 2.05) is 52.2 Å². The Morgan fingerprint density at radius 1 is 1.30 bits per heavy atom. The number of aliphatic hydroxyl groups is 1. The first-order valence-corrected chi connectivity index (χ1v) is 12.0. The number of nitriles is 1. The number of rotatable bonds is 4. The van der Waals surface area contributed by atoms with Crippen molar-refractivity contribution in [2.75, 3.05) is 26.8 Å². The minimum absolute atomic E-state index is 0.0822. The Kier molecular flexibility index (Phi) is 6.64. The molecule has 0 spiro atoms. The summed E-state index contributed by atoms with van der Waals surface area (Å²) in [5, 5.41) is 36.3. The second kappa shape index (κ2) is 10.0. The van der Waals surface area contributed by atoms with Gasteiger partial charge in [-0.15, -0.1) is 5.10 Å². The summed E-state index contributed by atoms with van der Waals surface area (Å²) in [7, 11) is 3.86. The first-order valence-electron chi connectivity index (χ1n) is 12.0. The Bertz CT molecular complexity index is 1510. The second-order valence-electron chi connectivity index (χ2n) is 9.13. The molecule has 4 aromatic rings. The van der Waals surface area contributed by atoms with Crippen LogP contribution in [-0.4, -0.2) is 77.7 Å². The average molecular weight is 504 g/mol. The maximum atomic E-state index is 9.66. The molecule has 192 valence electrons. The largest absolute Gasteiger partial charge is 0.473 e. The van der Waals surface area contributed by atoms with Crippen molar-refractivity contribution in [3.63, 3.8) is 0 Å². The first kappa shape index (κ1) is 24.5. The van der Waals surface area contributed by atoms with E-state index in [1.165, 1.54) is 0 Å². The van der Waals surface area contributed by atoms with Gasteiger partial charge in [-0.3, -0.25) is 19.7 Å². The van der Waals surface area contributed by atoms with Crippen molar-refractivity contribution in [2.24, 2.45) is 7.05 Å². The third-order valence-corrected chi connectivity index (χ3v) is 6.26. The fourth-order valence-corrected chi connectivity index (χ4v) is 4.72. The van der Waals surface area contributed by atoms with Crippen LogP contribution in [0.1, 0.15) is 29.6 Å². The number of nitrogens with zero attached hydrogens (tertiary/aromatic N) is 8. The van der Waals surface area contributed by atoms with Crippen molar-refractivity contribution in [3.05, 3.63) is 34.9 Å². The van der Waals surface area contributed by atoms with Crippen molar-refractivity contribution in [1.82, 2.24) is 39.6 Å². The Morgan fingerprint density at radius 3 is 2.92 bits per heavy atom. The van der Waals surface area contributed by atoms with Gasteiger partial charge in [0, 0.05) is 25.5 Å². The highest BCUT2D eigenvalue weighted by Gasteiger charge is 2.24. The van der Waals surface area contributed by atoms with Gasteiger partial charge in [0.15, 0.2) is 6.61 Å². The number of pyridine rings is 1. The van der Waals surface area contributed by atoms with Crippen LogP contribution in [0, 0.1) is 18.3 Å². The summed E-state index contributed by atoms with van der Waals surface area (Å²) >= 11 is 0. The van der Waals surface area contributed by atoms with Crippen molar-refractivity contribution in [1.29, 1.82) is 5.26 Å². The number of hydrogen-bond donors (Lipinski definition) is 2. The zero-order valence-electron chi connectivity index (χ0n) is 21.3. The monoisotopic (exact) mass is 503 g/mol. The molecule has 4 aromatic heterocycles. The predicted molar refractivity (Wildman–Crippen MR) is 137 cm³/mol. The average Bonchev–Trinajstić information content (AvgIpc) is 3.49. The maximum Gasteiger partial charge on any atom is 0.241 e. The van der Waals surface area contributed by atoms with Gasteiger partial charge in [0.1, 0.15) is 12.2 Å². The molecule has 2 bridgehead atoms. The summed E-state index contributed by atoms with van der Waals surface area (Å²) in [5.74, 6) is 0.985. The Hall–Kier alpha value is -4.21. The lowest BCUT2D eigenvalue weighted by molar-refractivity contribution is 0.146. The van der Waals surface area contributed by atoms with Gasteiger partial charge in [0.25, 0.3) is 0 Å². The quantitative estimate of drug-likeness (QED) is 0.428. The molecule has 12 nitrogen and oxygen atoms in total. The number of aromatic amines is 1. The predicted octanol–water partition coefficient (Wildman–Crippen LogP) is 2.14. The fourth-order valence-electron chi connectivity index (χ4n) is 4.72. The number of fused-ring (bicyclic) bond motifs is 4. The van der Waals surface area contributed by atoms with Gasteiger partial charge in [-0.05, 0) is 39.1 Å². The second-order valence-corrected chi connectivity index (χ2v) is 9.13. The summed E-state index contributed by atoms with van der Waals surface area (Å²) in [6.45, 7) is 5.16. The van der Waals surface area contributed by atoms with Crippen LogP contribution in [0.25, 0.3) is 34.3 Å². The normalized spacial score (nSPS) is 16.9. The molecule has 0 fully saturated rings. The molecule has 1 aliphatic heterocycles. The molecular weight excluding hydrogens is 474 g/mol. The van der Waals surface area contributed by atoms with Crippen LogP contribution in [-0.2, 0) is 20.1 Å². The molecule has 0 amide bonds. The van der Waals surface area contributed by atoms with E-state index in [2.05, 4.69) is 30.3 Å². The molecule has 0 radical (unpaired) electrons. The highest BCUT2D eigenvalue weighted by Crippen LogP contribution is 2.35. The lowest BCUT2D eigenvalue weighted by Crippen LogP contribution is -2.32. The van der Waals surface area contributed by atoms with Crippen LogP contribution in [0.2, 0.25) is 0 Å². The van der Waals surface area contributed by atoms with Gasteiger partial charge in [-0.2, -0.15) is 15.5 Å². The van der Waals surface area contributed by atoms with Gasteiger partial charge >= 0.3 is 0 Å². The fraction of sp³-hybridized carbons (Fsp3) is 0.400. The zero-order chi connectivity index (χ0) is 26.1. The lowest BCUT2D eigenvalue weighted by atomic mass is 10.1. The SMILES string of the molecule is Cc1nn(C)c2c1-c1cc3c(n[nH]c3cn1)/C=C/c1c(OCC#N)nn(CCO)c1CN(C)C[C@H](C)O2. The van der Waals surface area contributed by atoms with Crippen LogP contribution < -0.4 is 9.47 Å². The summed E-state index contributed by atoms with van der Waals surface area (Å²) in [6, 6.07) is 3.98. The summed E-state index contributed by atoms with van der Waals surface area (Å²) in [4.78, 5) is 6.79. The number of H-pyrrole nitrogens is 1. The molecule has 1 aliphatic rings. The Balaban J connectivity index is 1.70. The third kappa shape index (κ3) is 4.66. The molecule has 0 saturated heterocycles. The summed E-state index contributed by atoms with van der Waals surface area (Å²) in [6.07, 6.45) is 5.38. The van der Waals surface area contributed by atoms with Crippen LogP contribution >= 0.6 is 0 Å². The number of aromatic nitrogens is 7. The topological polar surface area (TPSA) is 143 Å². The first-order chi connectivity index (χ1) is 17.9. The van der Waals surface area contributed by atoms with Crippen LogP contribution in [0.5, 0.6) is 11.8 Å². The van der Waals surface area contributed by atoms with E-state index < -0.39 is 0 Å². The summed E-state index contributed by atoms with van der Waals surface area (Å²) < 4.78 is 15.6. The smallest absolute Gasteiger partial charge is 0.241 e. The van der Waals surface area contributed by atoms with E-state index in [1.54, 1.807) is 15.6 Å². The number of aryl methyl sites for hydroxylation is 2. The van der Waals surface area contributed by atoms with Gasteiger partial charge in [-0.25, -0.2) is 4.68 Å². The number of likely N-dealkylation sites (N-methyl/N-ethyl adjacent to an activating group) is 1. The van der Waals surface area contributed by atoms with Crippen molar-refractivity contribution < 1.29 is 14.6 Å². The molecule has 0 saturated carbocycles. The molecule has 0 aliphatic carbocycles. The van der Waals surface area contributed by atoms with Crippen LogP contribution in [0.15, 0.2) is 12.3 Å². The minimum Gasteiger partial charge on any atom is -0.473 e. The molecular formula is C25H29N9O3. The molecule has 5 heterocycles. The van der Waals surface area contributed by atoms with E-state index in [-0.39, 0.29) is 19.3 Å². The van der Waals surface area contributed by atoms with E-state index >= 15 is 0 Å². The molecule has 37 heavy (non-hydrogen) atoms. The van der Waals surface area contributed by atoms with E-state index in [0.29, 0.717) is 37.1 Å². The number of hydrogen-bond acceptors (Lipinski definition) is 9. The van der Waals surface area contributed by atoms with Crippen molar-refractivity contribution in [2.45, 2.75) is 33.0 Å². The van der Waals surface area contributed by atoms with Gasteiger partial charge in [0.05, 0.1) is 58.8 Å². The summed E-state index contributed by atoms with van der Waals surface area (Å²) in [5.41, 5.74) is 5.50. The van der Waals surface area contributed by atoms with Crippen LogP contribution in [0.3, 0.4) is 0 Å². The standard InChI is InChI=1S/C25H29N9O3/c1-15-13-32(3)14-22-17(24(36-10-7-26)31-34(22)8-9-35)5-6-19-18-11-20(27-12-21(18)29-28-19)23-16(2)30-33(4)25(23)37-15/h5-6,11-12,15,35H,8-10,13-14H2,1-4H3,(H,28,29)/b6-5+/t15-/m0/s1. The van der Waals surface area contributed by atoms with Crippen molar-refractivity contribution >= 4 is 23.1 Å². The highest BCUT2D eigenvalue weighted by molar-refractivity contribution is 5.92. The zero-order valence-corrected chi connectivity index (χ0v) is 21.3. The Labute approximate surface area is 213 Å². The molecule has 0 unspecified atom stereocenters. The number of ether oxygens (including phenoxy) is 2. The maximum absolute atomic E-state index is 9.66. The van der Waals surface area contributed by atoms with Gasteiger partial charge < -0.3 is 14.6 Å². The Morgan fingerprint density at radius 2 is 2.14 bits per heavy atom. The molecule has 2 N–H and O–H groups in total. The van der Waals surface area contributed by atoms with E-state index in [4.69, 9.17) is 14.7 Å². The number of nitrogens with one attached hydrogen (secondary N) is 1. The van der Waals surface area contributed by atoms with Gasteiger partial charge in [0.2, 0.25) is 11.8 Å². The molecule has 0 aromatic carbocycles. The lowest BCUT2D eigenvalue weighted by Gasteiger charge is -2.23. The van der Waals surface area contributed by atoms with Crippen LogP contribution in [0.4, 0.5) is 0 Å². The molecule has 1 atom stereocenters. The van der Waals surface area contributed by atoms with Crippen molar-refractivity contribution in [3.8, 4) is 29.1 Å². The highest BCUT2D eigenvalue weighted by atomic mass is 16.5. The van der Waals surface area contributed by atoms with Gasteiger partial charge in [-0.1, -0.05) is 0 Å². The number of aliphatic hydroxyl groups excluding tert-OH is 1. The van der Waals surface area contributed by atoms with E-state index in [9.17, 15) is 5.11 Å². The molecule has 5 rings (SSSR count). The third-order valence-electron chi connectivity index (χ3n) is 6.26.